The molecule has 0 bridgehead atoms. The lowest BCUT2D eigenvalue weighted by molar-refractivity contribution is -0.163. The van der Waals surface area contributed by atoms with Gasteiger partial charge in [-0.2, -0.15) is 0 Å². The standard InChI is InChI=1S/C15H27NO3/c1-7-9-10-18-14(15(17)19-11(3)4)12(5)13(6)16-8-2/h8,11-12,14H,2,7,9-10H2,1,3-6H3/b16-13-/t12?,14-/m0/s1. The third kappa shape index (κ3) is 7.11. The van der Waals surface area contributed by atoms with Gasteiger partial charge in [0.05, 0.1) is 6.10 Å². The Morgan fingerprint density at radius 1 is 1.37 bits per heavy atom. The lowest BCUT2D eigenvalue weighted by Gasteiger charge is -2.23. The summed E-state index contributed by atoms with van der Waals surface area (Å²) in [6, 6.07) is 0. The molecular weight excluding hydrogens is 242 g/mol. The fourth-order valence-electron chi connectivity index (χ4n) is 1.55. The molecule has 0 saturated heterocycles. The SMILES string of the molecule is C=C/N=C(/C)C(C)[C@H](OCCCC)C(=O)OC(C)C. The first-order valence-corrected chi connectivity index (χ1v) is 6.91. The maximum atomic E-state index is 12.1. The Hall–Kier alpha value is -1.16. The summed E-state index contributed by atoms with van der Waals surface area (Å²) in [6.45, 7) is 13.6. The maximum Gasteiger partial charge on any atom is 0.336 e. The fraction of sp³-hybridized carbons (Fsp3) is 0.733. The van der Waals surface area contributed by atoms with E-state index in [0.29, 0.717) is 6.61 Å². The third-order valence-corrected chi connectivity index (χ3v) is 2.79. The molecule has 0 aliphatic rings. The minimum Gasteiger partial charge on any atom is -0.461 e. The highest BCUT2D eigenvalue weighted by atomic mass is 16.6. The number of aliphatic imine (C=N–C) groups is 1. The molecule has 2 atom stereocenters. The van der Waals surface area contributed by atoms with Gasteiger partial charge in [-0.3, -0.25) is 4.99 Å². The number of hydrogen-bond acceptors (Lipinski definition) is 4. The van der Waals surface area contributed by atoms with Crippen molar-refractivity contribution in [2.24, 2.45) is 10.9 Å². The van der Waals surface area contributed by atoms with Crippen LogP contribution < -0.4 is 0 Å². The van der Waals surface area contributed by atoms with E-state index < -0.39 is 6.10 Å². The highest BCUT2D eigenvalue weighted by Crippen LogP contribution is 2.14. The zero-order valence-corrected chi connectivity index (χ0v) is 12.8. The summed E-state index contributed by atoms with van der Waals surface area (Å²) in [5.41, 5.74) is 0.817. The van der Waals surface area contributed by atoms with Crippen LogP contribution in [0.4, 0.5) is 0 Å². The second-order valence-corrected chi connectivity index (χ2v) is 4.87. The van der Waals surface area contributed by atoms with Gasteiger partial charge in [0.15, 0.2) is 6.10 Å². The van der Waals surface area contributed by atoms with Gasteiger partial charge in [0, 0.05) is 24.4 Å². The predicted molar refractivity (Wildman–Crippen MR) is 78.3 cm³/mol. The highest BCUT2D eigenvalue weighted by Gasteiger charge is 2.29. The second-order valence-electron chi connectivity index (χ2n) is 4.87. The van der Waals surface area contributed by atoms with E-state index in [4.69, 9.17) is 9.47 Å². The van der Waals surface area contributed by atoms with Crippen molar-refractivity contribution < 1.29 is 14.3 Å². The molecule has 0 amide bonds. The molecule has 1 unspecified atom stereocenters. The third-order valence-electron chi connectivity index (χ3n) is 2.79. The molecule has 0 heterocycles. The van der Waals surface area contributed by atoms with Gasteiger partial charge >= 0.3 is 5.97 Å². The summed E-state index contributed by atoms with van der Waals surface area (Å²) in [4.78, 5) is 16.2. The van der Waals surface area contributed by atoms with Gasteiger partial charge in [0.25, 0.3) is 0 Å². The summed E-state index contributed by atoms with van der Waals surface area (Å²) in [5.74, 6) is -0.446. The van der Waals surface area contributed by atoms with Crippen LogP contribution in [0.3, 0.4) is 0 Å². The average Bonchev–Trinajstić information content (AvgIpc) is 2.33. The molecule has 4 nitrogen and oxygen atoms in total. The Morgan fingerprint density at radius 3 is 2.47 bits per heavy atom. The van der Waals surface area contributed by atoms with E-state index in [1.807, 2.05) is 27.7 Å². The number of rotatable bonds is 9. The average molecular weight is 269 g/mol. The van der Waals surface area contributed by atoms with Crippen molar-refractivity contribution in [2.75, 3.05) is 6.61 Å². The Bertz CT molecular complexity index is 311. The maximum absolute atomic E-state index is 12.1. The van der Waals surface area contributed by atoms with Gasteiger partial charge in [-0.15, -0.1) is 0 Å². The zero-order valence-electron chi connectivity index (χ0n) is 12.8. The van der Waals surface area contributed by atoms with Gasteiger partial charge in [0.2, 0.25) is 0 Å². The van der Waals surface area contributed by atoms with Gasteiger partial charge in [0.1, 0.15) is 0 Å². The number of ether oxygens (including phenoxy) is 2. The molecule has 0 aromatic rings. The summed E-state index contributed by atoms with van der Waals surface area (Å²) in [6.07, 6.45) is 2.68. The molecule has 0 aromatic heterocycles. The van der Waals surface area contributed by atoms with E-state index >= 15 is 0 Å². The first-order valence-electron chi connectivity index (χ1n) is 6.91. The van der Waals surface area contributed by atoms with Gasteiger partial charge in [-0.25, -0.2) is 4.79 Å². The Kier molecular flexibility index (Phi) is 9.13. The zero-order chi connectivity index (χ0) is 14.8. The van der Waals surface area contributed by atoms with E-state index in [9.17, 15) is 4.79 Å². The van der Waals surface area contributed by atoms with E-state index in [-0.39, 0.29) is 18.0 Å². The molecule has 0 fully saturated rings. The van der Waals surface area contributed by atoms with Crippen molar-refractivity contribution >= 4 is 11.7 Å². The number of hydrogen-bond donors (Lipinski definition) is 0. The molecule has 0 spiro atoms. The lowest BCUT2D eigenvalue weighted by Crippen LogP contribution is -2.37. The monoisotopic (exact) mass is 269 g/mol. The van der Waals surface area contributed by atoms with Crippen molar-refractivity contribution in [1.29, 1.82) is 0 Å². The van der Waals surface area contributed by atoms with Crippen molar-refractivity contribution in [2.45, 2.75) is 59.7 Å². The minimum atomic E-state index is -0.599. The van der Waals surface area contributed by atoms with Crippen molar-refractivity contribution in [3.63, 3.8) is 0 Å². The number of unbranched alkanes of at least 4 members (excludes halogenated alkanes) is 1. The number of carbonyl (C=O) groups is 1. The van der Waals surface area contributed by atoms with Crippen LogP contribution in [0.5, 0.6) is 0 Å². The van der Waals surface area contributed by atoms with Crippen LogP contribution >= 0.6 is 0 Å². The molecular formula is C15H27NO3. The van der Waals surface area contributed by atoms with Crippen LogP contribution in [0.15, 0.2) is 17.8 Å². The molecule has 4 heteroatoms. The highest BCUT2D eigenvalue weighted by molar-refractivity contribution is 5.90. The molecule has 0 aliphatic heterocycles. The minimum absolute atomic E-state index is 0.124. The van der Waals surface area contributed by atoms with E-state index in [0.717, 1.165) is 18.6 Å². The Balaban J connectivity index is 4.78. The largest absolute Gasteiger partial charge is 0.461 e. The first kappa shape index (κ1) is 17.8. The number of nitrogens with zero attached hydrogens (tertiary/aromatic N) is 1. The van der Waals surface area contributed by atoms with E-state index in [2.05, 4.69) is 18.5 Å². The Labute approximate surface area is 116 Å². The molecule has 110 valence electrons. The topological polar surface area (TPSA) is 47.9 Å². The predicted octanol–water partition coefficient (Wildman–Crippen LogP) is 3.36. The van der Waals surface area contributed by atoms with Crippen LogP contribution in [0.1, 0.15) is 47.5 Å². The second kappa shape index (κ2) is 9.73. The van der Waals surface area contributed by atoms with Crippen LogP contribution in [0.25, 0.3) is 0 Å². The fourth-order valence-corrected chi connectivity index (χ4v) is 1.55. The van der Waals surface area contributed by atoms with Gasteiger partial charge in [-0.05, 0) is 27.2 Å². The quantitative estimate of drug-likeness (QED) is 0.366. The summed E-state index contributed by atoms with van der Waals surface area (Å²) >= 11 is 0. The van der Waals surface area contributed by atoms with Crippen LogP contribution in [0.2, 0.25) is 0 Å². The Morgan fingerprint density at radius 2 is 2.00 bits per heavy atom. The van der Waals surface area contributed by atoms with Crippen molar-refractivity contribution in [1.82, 2.24) is 0 Å². The van der Waals surface area contributed by atoms with Crippen LogP contribution in [-0.4, -0.2) is 30.5 Å². The molecule has 0 aromatic carbocycles. The van der Waals surface area contributed by atoms with Crippen molar-refractivity contribution in [3.8, 4) is 0 Å². The lowest BCUT2D eigenvalue weighted by atomic mass is 9.99. The van der Waals surface area contributed by atoms with Crippen LogP contribution in [-0.2, 0) is 14.3 Å². The summed E-state index contributed by atoms with van der Waals surface area (Å²) in [5, 5.41) is 0. The van der Waals surface area contributed by atoms with E-state index in [1.54, 1.807) is 0 Å². The normalized spacial score (nSPS) is 15.2. The summed E-state index contributed by atoms with van der Waals surface area (Å²) < 4.78 is 10.9. The first-order chi connectivity index (χ1) is 8.93. The summed E-state index contributed by atoms with van der Waals surface area (Å²) in [7, 11) is 0. The van der Waals surface area contributed by atoms with Crippen molar-refractivity contribution in [3.05, 3.63) is 12.8 Å². The molecule has 0 radical (unpaired) electrons. The molecule has 0 rings (SSSR count). The van der Waals surface area contributed by atoms with Crippen LogP contribution in [0, 0.1) is 5.92 Å². The smallest absolute Gasteiger partial charge is 0.336 e. The molecule has 0 aliphatic carbocycles. The van der Waals surface area contributed by atoms with Gasteiger partial charge < -0.3 is 9.47 Å². The number of esters is 1. The van der Waals surface area contributed by atoms with Gasteiger partial charge in [-0.1, -0.05) is 26.8 Å². The molecule has 19 heavy (non-hydrogen) atoms. The van der Waals surface area contributed by atoms with E-state index in [1.165, 1.54) is 6.20 Å². The molecule has 0 N–H and O–H groups in total. The molecule has 0 saturated carbocycles. The number of carbonyl (C=O) groups excluding carboxylic acids is 1.